The molecule has 26 heavy (non-hydrogen) atoms. The summed E-state index contributed by atoms with van der Waals surface area (Å²) in [5.74, 6) is 0.424. The molecule has 1 aromatic carbocycles. The molecule has 0 spiro atoms. The molecule has 0 radical (unpaired) electrons. The molecule has 0 bridgehead atoms. The van der Waals surface area contributed by atoms with Gasteiger partial charge < -0.3 is 9.73 Å². The molecule has 0 saturated carbocycles. The number of hydrogen-bond acceptors (Lipinski definition) is 5. The molecule has 1 fully saturated rings. The third-order valence-corrected chi connectivity index (χ3v) is 4.72. The highest BCUT2D eigenvalue weighted by Gasteiger charge is 2.19. The van der Waals surface area contributed by atoms with E-state index in [-0.39, 0.29) is 5.91 Å². The molecule has 1 amide bonds. The number of carbonyl (C=O) groups excluding carboxylic acids is 1. The van der Waals surface area contributed by atoms with Gasteiger partial charge in [0.1, 0.15) is 6.26 Å². The molecule has 1 saturated heterocycles. The number of amides is 1. The summed E-state index contributed by atoms with van der Waals surface area (Å²) in [6.07, 6.45) is 2.34. The lowest BCUT2D eigenvalue weighted by atomic mass is 10.2. The molecular formula is C19H25ClN4O2. The number of rotatable bonds is 7. The van der Waals surface area contributed by atoms with E-state index < -0.39 is 0 Å². The number of aromatic nitrogens is 1. The van der Waals surface area contributed by atoms with Gasteiger partial charge in [-0.2, -0.15) is 0 Å². The summed E-state index contributed by atoms with van der Waals surface area (Å²) < 4.78 is 5.46. The second-order valence-corrected chi connectivity index (χ2v) is 7.00. The number of nitrogens with zero attached hydrogens (tertiary/aromatic N) is 3. The van der Waals surface area contributed by atoms with Gasteiger partial charge in [0, 0.05) is 44.3 Å². The minimum absolute atomic E-state index is 0.172. The molecule has 1 aliphatic heterocycles. The number of halogens is 1. The Hall–Kier alpha value is -1.89. The Morgan fingerprint density at radius 2 is 1.81 bits per heavy atom. The van der Waals surface area contributed by atoms with E-state index in [4.69, 9.17) is 16.0 Å². The number of benzene rings is 1. The van der Waals surface area contributed by atoms with Crippen molar-refractivity contribution >= 4 is 17.5 Å². The first kappa shape index (κ1) is 18.9. The van der Waals surface area contributed by atoms with E-state index in [0.29, 0.717) is 24.7 Å². The second-order valence-electron chi connectivity index (χ2n) is 6.56. The molecule has 2 aromatic rings. The van der Waals surface area contributed by atoms with Crippen LogP contribution in [-0.4, -0.2) is 53.4 Å². The van der Waals surface area contributed by atoms with Gasteiger partial charge >= 0.3 is 0 Å². The predicted octanol–water partition coefficient (Wildman–Crippen LogP) is 2.79. The molecule has 6 nitrogen and oxygen atoms in total. The summed E-state index contributed by atoms with van der Waals surface area (Å²) in [4.78, 5) is 20.9. The zero-order valence-corrected chi connectivity index (χ0v) is 15.8. The van der Waals surface area contributed by atoms with Crippen LogP contribution >= 0.6 is 11.6 Å². The van der Waals surface area contributed by atoms with Crippen molar-refractivity contribution in [3.05, 3.63) is 52.7 Å². The van der Waals surface area contributed by atoms with E-state index in [1.165, 1.54) is 11.8 Å². The van der Waals surface area contributed by atoms with Gasteiger partial charge in [-0.3, -0.25) is 14.6 Å². The van der Waals surface area contributed by atoms with Crippen molar-refractivity contribution in [2.45, 2.75) is 26.4 Å². The maximum absolute atomic E-state index is 11.9. The van der Waals surface area contributed by atoms with Crippen LogP contribution in [-0.2, 0) is 13.1 Å². The molecule has 140 valence electrons. The van der Waals surface area contributed by atoms with Crippen LogP contribution < -0.4 is 5.32 Å². The minimum atomic E-state index is -0.172. The normalized spacial score (nSPS) is 15.9. The van der Waals surface area contributed by atoms with E-state index in [9.17, 15) is 4.79 Å². The predicted molar refractivity (Wildman–Crippen MR) is 101 cm³/mol. The SMILES string of the molecule is CCCNC(=O)c1coc(CN2CCN(Cc3ccc(Cl)cc3)CC2)n1. The monoisotopic (exact) mass is 376 g/mol. The highest BCUT2D eigenvalue weighted by molar-refractivity contribution is 6.30. The van der Waals surface area contributed by atoms with Crippen LogP contribution in [0.25, 0.3) is 0 Å². The first-order valence-corrected chi connectivity index (χ1v) is 9.43. The Morgan fingerprint density at radius 1 is 1.15 bits per heavy atom. The second kappa shape index (κ2) is 9.16. The van der Waals surface area contributed by atoms with Crippen molar-refractivity contribution in [3.8, 4) is 0 Å². The largest absolute Gasteiger partial charge is 0.447 e. The van der Waals surface area contributed by atoms with Crippen molar-refractivity contribution in [1.29, 1.82) is 0 Å². The van der Waals surface area contributed by atoms with Crippen LogP contribution in [0.1, 0.15) is 35.3 Å². The lowest BCUT2D eigenvalue weighted by Crippen LogP contribution is -2.45. The Morgan fingerprint density at radius 3 is 2.46 bits per heavy atom. The molecule has 0 atom stereocenters. The fourth-order valence-electron chi connectivity index (χ4n) is 2.96. The molecule has 1 N–H and O–H groups in total. The number of hydrogen-bond donors (Lipinski definition) is 1. The first-order chi connectivity index (χ1) is 12.6. The van der Waals surface area contributed by atoms with Crippen LogP contribution in [0.3, 0.4) is 0 Å². The molecule has 1 aliphatic rings. The molecule has 0 unspecified atom stereocenters. The highest BCUT2D eigenvalue weighted by atomic mass is 35.5. The van der Waals surface area contributed by atoms with Gasteiger partial charge in [-0.05, 0) is 24.1 Å². The summed E-state index contributed by atoms with van der Waals surface area (Å²) in [6.45, 7) is 8.13. The van der Waals surface area contributed by atoms with Crippen LogP contribution in [0.2, 0.25) is 5.02 Å². The zero-order chi connectivity index (χ0) is 18.4. The van der Waals surface area contributed by atoms with Crippen LogP contribution in [0.5, 0.6) is 0 Å². The molecule has 0 aliphatic carbocycles. The van der Waals surface area contributed by atoms with Crippen molar-refractivity contribution in [2.75, 3.05) is 32.7 Å². The van der Waals surface area contributed by atoms with Crippen LogP contribution in [0.15, 0.2) is 34.9 Å². The van der Waals surface area contributed by atoms with Gasteiger partial charge in [-0.15, -0.1) is 0 Å². The Labute approximate surface area is 159 Å². The number of nitrogens with one attached hydrogen (secondary N) is 1. The zero-order valence-electron chi connectivity index (χ0n) is 15.1. The van der Waals surface area contributed by atoms with Gasteiger partial charge in [0.25, 0.3) is 5.91 Å². The number of piperazine rings is 1. The van der Waals surface area contributed by atoms with Crippen LogP contribution in [0, 0.1) is 0 Å². The molecule has 7 heteroatoms. The summed E-state index contributed by atoms with van der Waals surface area (Å²) in [7, 11) is 0. The Balaban J connectivity index is 1.44. The number of carbonyl (C=O) groups is 1. The van der Waals surface area contributed by atoms with Gasteiger partial charge in [-0.1, -0.05) is 30.7 Å². The lowest BCUT2D eigenvalue weighted by molar-refractivity contribution is 0.0948. The standard InChI is InChI=1S/C19H25ClN4O2/c1-2-7-21-19(25)17-14-26-18(22-17)13-24-10-8-23(9-11-24)12-15-3-5-16(20)6-4-15/h3-6,14H,2,7-13H2,1H3,(H,21,25). The maximum atomic E-state index is 11.9. The number of oxazole rings is 1. The smallest absolute Gasteiger partial charge is 0.273 e. The summed E-state index contributed by atoms with van der Waals surface area (Å²) >= 11 is 5.94. The van der Waals surface area contributed by atoms with Gasteiger partial charge in [-0.25, -0.2) is 4.98 Å². The Kier molecular flexibility index (Phi) is 6.66. The summed E-state index contributed by atoms with van der Waals surface area (Å²) in [6, 6.07) is 8.02. The van der Waals surface area contributed by atoms with Crippen molar-refractivity contribution in [1.82, 2.24) is 20.1 Å². The quantitative estimate of drug-likeness (QED) is 0.805. The fraction of sp³-hybridized carbons (Fsp3) is 0.474. The molecule has 2 heterocycles. The fourth-order valence-corrected chi connectivity index (χ4v) is 3.09. The van der Waals surface area contributed by atoms with Gasteiger partial charge in [0.2, 0.25) is 5.89 Å². The van der Waals surface area contributed by atoms with Crippen molar-refractivity contribution in [2.24, 2.45) is 0 Å². The summed E-state index contributed by atoms with van der Waals surface area (Å²) in [5.41, 5.74) is 1.63. The molecule has 1 aromatic heterocycles. The van der Waals surface area contributed by atoms with Crippen molar-refractivity contribution < 1.29 is 9.21 Å². The third kappa shape index (κ3) is 5.30. The summed E-state index contributed by atoms with van der Waals surface area (Å²) in [5, 5.41) is 3.58. The van der Waals surface area contributed by atoms with Crippen LogP contribution in [0.4, 0.5) is 0 Å². The highest BCUT2D eigenvalue weighted by Crippen LogP contribution is 2.14. The maximum Gasteiger partial charge on any atom is 0.273 e. The van der Waals surface area contributed by atoms with E-state index in [0.717, 1.165) is 44.2 Å². The lowest BCUT2D eigenvalue weighted by Gasteiger charge is -2.34. The first-order valence-electron chi connectivity index (χ1n) is 9.06. The Bertz CT molecular complexity index is 709. The topological polar surface area (TPSA) is 61.6 Å². The van der Waals surface area contributed by atoms with E-state index in [2.05, 4.69) is 32.2 Å². The van der Waals surface area contributed by atoms with E-state index in [1.54, 1.807) is 0 Å². The van der Waals surface area contributed by atoms with Gasteiger partial charge in [0.15, 0.2) is 5.69 Å². The molecule has 3 rings (SSSR count). The molecular weight excluding hydrogens is 352 g/mol. The average molecular weight is 377 g/mol. The van der Waals surface area contributed by atoms with E-state index in [1.807, 2.05) is 19.1 Å². The van der Waals surface area contributed by atoms with Gasteiger partial charge in [0.05, 0.1) is 6.54 Å². The third-order valence-electron chi connectivity index (χ3n) is 4.46. The average Bonchev–Trinajstić information content (AvgIpc) is 3.12. The van der Waals surface area contributed by atoms with Crippen molar-refractivity contribution in [3.63, 3.8) is 0 Å². The minimum Gasteiger partial charge on any atom is -0.447 e. The van der Waals surface area contributed by atoms with E-state index >= 15 is 0 Å².